The van der Waals surface area contributed by atoms with E-state index in [0.717, 1.165) is 56.2 Å². The number of nitrogens with zero attached hydrogens (tertiary/aromatic N) is 1. The average Bonchev–Trinajstić information content (AvgIpc) is 3.84. The Balaban J connectivity index is 0.985. The number of ether oxygens (including phenoxy) is 2. The molecule has 0 N–H and O–H groups in total. The molecule has 1 heterocycles. The van der Waals surface area contributed by atoms with Crippen molar-refractivity contribution in [3.05, 3.63) is 259 Å². The highest BCUT2D eigenvalue weighted by Gasteiger charge is 2.54. The maximum atomic E-state index is 7.21. The molecule has 10 aromatic carbocycles. The first-order valence-electron chi connectivity index (χ1n) is 21.9. The number of fused-ring (bicyclic) bond motifs is 13. The zero-order valence-corrected chi connectivity index (χ0v) is 34.8. The van der Waals surface area contributed by atoms with Crippen LogP contribution in [0.1, 0.15) is 22.3 Å². The Bertz CT molecular complexity index is 3390. The highest BCUT2D eigenvalue weighted by atomic mass is 16.6. The second-order valence-electron chi connectivity index (χ2n) is 16.8. The average molecular weight is 818 g/mol. The summed E-state index contributed by atoms with van der Waals surface area (Å²) in [5, 5.41) is 0. The molecule has 300 valence electrons. The third-order valence-electron chi connectivity index (χ3n) is 13.3. The minimum absolute atomic E-state index is 0.564. The van der Waals surface area contributed by atoms with Gasteiger partial charge in [-0.1, -0.05) is 188 Å². The van der Waals surface area contributed by atoms with Crippen LogP contribution in [0.2, 0.25) is 0 Å². The van der Waals surface area contributed by atoms with Crippen LogP contribution in [0, 0.1) is 0 Å². The Kier molecular flexibility index (Phi) is 8.13. The van der Waals surface area contributed by atoms with Gasteiger partial charge in [-0.05, 0) is 109 Å². The second kappa shape index (κ2) is 14.3. The third-order valence-corrected chi connectivity index (χ3v) is 13.3. The van der Waals surface area contributed by atoms with Crippen LogP contribution in [0.5, 0.6) is 23.0 Å². The molecule has 64 heavy (non-hydrogen) atoms. The standard InChI is InChI=1S/C61H39NO2/c1-4-17-40(18-5-1)43-23-16-24-45(37-43)62(55-34-31-44(41-19-6-2-7-20-41)38-51(55)42-21-8-3-9-22-42)46-32-35-56-58(39-46)63-57-36-33-50-49-27-12-15-30-54(49)61(59(50)60(57)64-56)52-28-13-10-25-47(52)48-26-11-14-29-53(48)61/h1-39H. The maximum Gasteiger partial charge on any atom is 0.175 e. The minimum Gasteiger partial charge on any atom is -0.449 e. The van der Waals surface area contributed by atoms with E-state index in [0.29, 0.717) is 17.2 Å². The van der Waals surface area contributed by atoms with Gasteiger partial charge < -0.3 is 14.4 Å². The molecular weight excluding hydrogens is 779 g/mol. The van der Waals surface area contributed by atoms with Gasteiger partial charge in [-0.25, -0.2) is 0 Å². The van der Waals surface area contributed by atoms with Gasteiger partial charge in [0, 0.05) is 22.9 Å². The molecule has 0 aromatic heterocycles. The van der Waals surface area contributed by atoms with Crippen molar-refractivity contribution in [2.75, 3.05) is 4.90 Å². The molecule has 1 spiro atoms. The Morgan fingerprint density at radius 2 is 0.812 bits per heavy atom. The van der Waals surface area contributed by atoms with Gasteiger partial charge >= 0.3 is 0 Å². The summed E-state index contributed by atoms with van der Waals surface area (Å²) >= 11 is 0. The van der Waals surface area contributed by atoms with Crippen LogP contribution in [-0.4, -0.2) is 0 Å². The summed E-state index contributed by atoms with van der Waals surface area (Å²) in [5.74, 6) is 2.80. The van der Waals surface area contributed by atoms with E-state index >= 15 is 0 Å². The Hall–Kier alpha value is -8.40. The summed E-state index contributed by atoms with van der Waals surface area (Å²) < 4.78 is 14.3. The van der Waals surface area contributed by atoms with Gasteiger partial charge in [0.05, 0.1) is 16.8 Å². The third kappa shape index (κ3) is 5.41. The fourth-order valence-electron chi connectivity index (χ4n) is 10.6. The molecule has 1 aliphatic heterocycles. The van der Waals surface area contributed by atoms with E-state index < -0.39 is 5.41 Å². The predicted molar refractivity (Wildman–Crippen MR) is 260 cm³/mol. The molecule has 0 saturated heterocycles. The number of hydrogen-bond acceptors (Lipinski definition) is 3. The molecule has 0 saturated carbocycles. The molecule has 2 aliphatic carbocycles. The molecule has 3 aliphatic rings. The quantitative estimate of drug-likeness (QED) is 0.167. The Morgan fingerprint density at radius 3 is 1.45 bits per heavy atom. The molecule has 3 nitrogen and oxygen atoms in total. The van der Waals surface area contributed by atoms with Crippen molar-refractivity contribution in [2.45, 2.75) is 5.41 Å². The van der Waals surface area contributed by atoms with Crippen LogP contribution in [0.15, 0.2) is 237 Å². The molecule has 3 heteroatoms. The molecule has 0 amide bonds. The molecule has 0 unspecified atom stereocenters. The fraction of sp³-hybridized carbons (Fsp3) is 0.0164. The number of rotatable bonds is 6. The van der Waals surface area contributed by atoms with Gasteiger partial charge in [-0.2, -0.15) is 0 Å². The summed E-state index contributed by atoms with van der Waals surface area (Å²) in [4.78, 5) is 2.35. The molecule has 0 radical (unpaired) electrons. The summed E-state index contributed by atoms with van der Waals surface area (Å²) in [6, 6.07) is 84.7. The van der Waals surface area contributed by atoms with Crippen LogP contribution in [0.25, 0.3) is 55.6 Å². The zero-order valence-electron chi connectivity index (χ0n) is 34.8. The fourth-order valence-corrected chi connectivity index (χ4v) is 10.6. The summed E-state index contributed by atoms with van der Waals surface area (Å²) in [6.45, 7) is 0. The van der Waals surface area contributed by atoms with E-state index in [1.54, 1.807) is 0 Å². The van der Waals surface area contributed by atoms with Gasteiger partial charge in [-0.15, -0.1) is 0 Å². The lowest BCUT2D eigenvalue weighted by atomic mass is 9.70. The van der Waals surface area contributed by atoms with Crippen LogP contribution in [0.4, 0.5) is 17.1 Å². The van der Waals surface area contributed by atoms with E-state index in [1.165, 1.54) is 44.5 Å². The number of hydrogen-bond donors (Lipinski definition) is 0. The van der Waals surface area contributed by atoms with Crippen LogP contribution in [0.3, 0.4) is 0 Å². The van der Waals surface area contributed by atoms with E-state index in [4.69, 9.17) is 9.47 Å². The van der Waals surface area contributed by atoms with Crippen molar-refractivity contribution < 1.29 is 9.47 Å². The van der Waals surface area contributed by atoms with Crippen molar-refractivity contribution in [1.82, 2.24) is 0 Å². The Labute approximate surface area is 372 Å². The van der Waals surface area contributed by atoms with Crippen LogP contribution >= 0.6 is 0 Å². The summed E-state index contributed by atoms with van der Waals surface area (Å²) in [6.07, 6.45) is 0. The number of benzene rings is 10. The lowest BCUT2D eigenvalue weighted by Gasteiger charge is -2.34. The van der Waals surface area contributed by atoms with Gasteiger partial charge in [0.2, 0.25) is 0 Å². The first kappa shape index (κ1) is 36.3. The van der Waals surface area contributed by atoms with E-state index in [9.17, 15) is 0 Å². The SMILES string of the molecule is c1ccc(-c2cccc(N(c3ccc4c(c3)Oc3ccc5c(c3O4)C3(c4ccccc4-c4ccccc43)c3ccccc3-5)c3ccc(-c4ccccc4)cc3-c3ccccc3)c2)cc1. The van der Waals surface area contributed by atoms with Gasteiger partial charge in [0.25, 0.3) is 0 Å². The zero-order chi connectivity index (χ0) is 42.2. The smallest absolute Gasteiger partial charge is 0.175 e. The van der Waals surface area contributed by atoms with Crippen molar-refractivity contribution in [1.29, 1.82) is 0 Å². The highest BCUT2D eigenvalue weighted by molar-refractivity contribution is 5.98. The molecule has 13 rings (SSSR count). The lowest BCUT2D eigenvalue weighted by molar-refractivity contribution is 0.355. The first-order chi connectivity index (χ1) is 31.7. The largest absolute Gasteiger partial charge is 0.449 e. The van der Waals surface area contributed by atoms with Gasteiger partial charge in [0.1, 0.15) is 0 Å². The molecule has 0 fully saturated rings. The van der Waals surface area contributed by atoms with Crippen molar-refractivity contribution >= 4 is 17.1 Å². The highest BCUT2D eigenvalue weighted by Crippen LogP contribution is 2.67. The molecule has 10 aromatic rings. The summed E-state index contributed by atoms with van der Waals surface area (Å²) in [5.41, 5.74) is 19.1. The molecular formula is C61H39NO2. The van der Waals surface area contributed by atoms with Gasteiger partial charge in [0.15, 0.2) is 23.0 Å². The minimum atomic E-state index is -0.564. The van der Waals surface area contributed by atoms with Crippen LogP contribution in [-0.2, 0) is 5.41 Å². The van der Waals surface area contributed by atoms with Crippen molar-refractivity contribution in [3.63, 3.8) is 0 Å². The summed E-state index contributed by atoms with van der Waals surface area (Å²) in [7, 11) is 0. The van der Waals surface area contributed by atoms with E-state index in [-0.39, 0.29) is 0 Å². The normalized spacial score (nSPS) is 13.1. The monoisotopic (exact) mass is 817 g/mol. The second-order valence-corrected chi connectivity index (χ2v) is 16.8. The topological polar surface area (TPSA) is 21.7 Å². The lowest BCUT2D eigenvalue weighted by Crippen LogP contribution is -2.26. The van der Waals surface area contributed by atoms with E-state index in [2.05, 4.69) is 241 Å². The van der Waals surface area contributed by atoms with Crippen molar-refractivity contribution in [3.8, 4) is 78.6 Å². The first-order valence-corrected chi connectivity index (χ1v) is 21.9. The van der Waals surface area contributed by atoms with Crippen LogP contribution < -0.4 is 14.4 Å². The van der Waals surface area contributed by atoms with E-state index in [1.807, 2.05) is 0 Å². The Morgan fingerprint density at radius 1 is 0.297 bits per heavy atom. The van der Waals surface area contributed by atoms with Crippen molar-refractivity contribution in [2.24, 2.45) is 0 Å². The molecule has 0 bridgehead atoms. The molecule has 0 atom stereocenters. The van der Waals surface area contributed by atoms with Gasteiger partial charge in [-0.3, -0.25) is 0 Å². The predicted octanol–water partition coefficient (Wildman–Crippen LogP) is 16.4. The maximum absolute atomic E-state index is 7.21. The number of anilines is 3.